The van der Waals surface area contributed by atoms with Crippen molar-refractivity contribution in [3.05, 3.63) is 27.8 Å². The van der Waals surface area contributed by atoms with Gasteiger partial charge in [0, 0.05) is 14.7 Å². The Kier molecular flexibility index (Phi) is 4.76. The van der Waals surface area contributed by atoms with Gasteiger partial charge in [-0.1, -0.05) is 37.7 Å². The van der Waals surface area contributed by atoms with Crippen molar-refractivity contribution in [2.75, 3.05) is 16.4 Å². The number of aliphatic imine (C=N–C) groups is 1. The number of hydrogen-bond donors (Lipinski definition) is 0. The molecule has 2 saturated heterocycles. The highest BCUT2D eigenvalue weighted by molar-refractivity contribution is 14.1. The number of halogens is 1. The summed E-state index contributed by atoms with van der Waals surface area (Å²) in [6, 6.07) is 7.62. The molecule has 2 heterocycles. The molecule has 1 aromatic carbocycles. The largest absolute Gasteiger partial charge is 0.315 e. The molecule has 1 amide bonds. The van der Waals surface area contributed by atoms with Crippen LogP contribution in [0.25, 0.3) is 0 Å². The zero-order valence-corrected chi connectivity index (χ0v) is 16.6. The standard InChI is InChI=1S/C15H17IN2O3S2/c1-9(2)14(19)17-15-18(11-6-4-3-5-10(11)16)12-7-23(20,21)8-13(12)22-15/h3-6,9,12-13H,7-8H2,1-2H3/t12-,13-/m0/s1. The van der Waals surface area contributed by atoms with Crippen LogP contribution < -0.4 is 4.90 Å². The Morgan fingerprint density at radius 3 is 2.70 bits per heavy atom. The maximum absolute atomic E-state index is 12.1. The molecule has 2 aliphatic heterocycles. The van der Waals surface area contributed by atoms with Gasteiger partial charge in [0.1, 0.15) is 0 Å². The van der Waals surface area contributed by atoms with Crippen molar-refractivity contribution in [1.82, 2.24) is 0 Å². The number of carbonyl (C=O) groups excluding carboxylic acids is 1. The first kappa shape index (κ1) is 17.2. The lowest BCUT2D eigenvalue weighted by Gasteiger charge is -2.25. The minimum Gasteiger partial charge on any atom is -0.315 e. The molecule has 0 aliphatic carbocycles. The second-order valence-electron chi connectivity index (χ2n) is 6.01. The SMILES string of the molecule is CC(C)C(=O)N=C1S[C@H]2CS(=O)(=O)C[C@@H]2N1c1ccccc1I. The normalized spacial score (nSPS) is 27.7. The van der Waals surface area contributed by atoms with Crippen molar-refractivity contribution in [2.24, 2.45) is 10.9 Å². The number of thioether (sulfide) groups is 1. The highest BCUT2D eigenvalue weighted by Crippen LogP contribution is 2.42. The van der Waals surface area contributed by atoms with Crippen molar-refractivity contribution in [2.45, 2.75) is 25.1 Å². The average Bonchev–Trinajstić information content (AvgIpc) is 2.91. The summed E-state index contributed by atoms with van der Waals surface area (Å²) in [5.41, 5.74) is 0.917. The fourth-order valence-corrected chi connectivity index (χ4v) is 7.28. The van der Waals surface area contributed by atoms with Gasteiger partial charge in [-0.2, -0.15) is 4.99 Å². The van der Waals surface area contributed by atoms with Crippen molar-refractivity contribution in [3.63, 3.8) is 0 Å². The molecule has 1 aromatic rings. The molecule has 0 unspecified atom stereocenters. The van der Waals surface area contributed by atoms with Gasteiger partial charge in [-0.05, 0) is 34.7 Å². The van der Waals surface area contributed by atoms with Crippen LogP contribution in [0.2, 0.25) is 0 Å². The summed E-state index contributed by atoms with van der Waals surface area (Å²) in [6.45, 7) is 3.63. The lowest BCUT2D eigenvalue weighted by Crippen LogP contribution is -2.38. The Morgan fingerprint density at radius 2 is 2.04 bits per heavy atom. The van der Waals surface area contributed by atoms with Gasteiger partial charge >= 0.3 is 0 Å². The summed E-state index contributed by atoms with van der Waals surface area (Å²) in [7, 11) is -3.03. The predicted octanol–water partition coefficient (Wildman–Crippen LogP) is 2.55. The van der Waals surface area contributed by atoms with Crippen molar-refractivity contribution >= 4 is 61.0 Å². The molecule has 5 nitrogen and oxygen atoms in total. The van der Waals surface area contributed by atoms with E-state index in [9.17, 15) is 13.2 Å². The van der Waals surface area contributed by atoms with Crippen LogP contribution in [0.4, 0.5) is 5.69 Å². The van der Waals surface area contributed by atoms with Gasteiger partial charge < -0.3 is 4.90 Å². The summed E-state index contributed by atoms with van der Waals surface area (Å²) >= 11 is 3.64. The van der Waals surface area contributed by atoms with Crippen LogP contribution in [0.15, 0.2) is 29.3 Å². The number of sulfone groups is 1. The first-order chi connectivity index (χ1) is 10.8. The second kappa shape index (κ2) is 6.36. The van der Waals surface area contributed by atoms with E-state index in [-0.39, 0.29) is 34.6 Å². The number of amides is 1. The number of nitrogens with zero attached hydrogens (tertiary/aromatic N) is 2. The summed E-state index contributed by atoms with van der Waals surface area (Å²) in [5, 5.41) is 0.562. The molecule has 2 aliphatic rings. The molecule has 3 rings (SSSR count). The molecule has 2 atom stereocenters. The van der Waals surface area contributed by atoms with E-state index in [1.165, 1.54) is 11.8 Å². The zero-order valence-electron chi connectivity index (χ0n) is 12.8. The van der Waals surface area contributed by atoms with Gasteiger partial charge in [0.05, 0.1) is 23.2 Å². The monoisotopic (exact) mass is 464 g/mol. The molecule has 124 valence electrons. The lowest BCUT2D eigenvalue weighted by atomic mass is 10.2. The second-order valence-corrected chi connectivity index (χ2v) is 10.5. The molecule has 8 heteroatoms. The number of fused-ring (bicyclic) bond motifs is 1. The molecule has 0 saturated carbocycles. The molecular formula is C15H17IN2O3S2. The van der Waals surface area contributed by atoms with E-state index in [0.29, 0.717) is 5.17 Å². The Hall–Kier alpha value is -0.610. The number of para-hydroxylation sites is 1. The van der Waals surface area contributed by atoms with Crippen molar-refractivity contribution in [3.8, 4) is 0 Å². The smallest absolute Gasteiger partial charge is 0.250 e. The van der Waals surface area contributed by atoms with E-state index in [0.717, 1.165) is 9.26 Å². The Bertz CT molecular complexity index is 777. The van der Waals surface area contributed by atoms with Gasteiger partial charge in [0.25, 0.3) is 5.91 Å². The molecule has 0 spiro atoms. The van der Waals surface area contributed by atoms with Gasteiger partial charge in [-0.15, -0.1) is 0 Å². The van der Waals surface area contributed by atoms with E-state index in [1.807, 2.05) is 43.0 Å². The van der Waals surface area contributed by atoms with Crippen molar-refractivity contribution < 1.29 is 13.2 Å². The maximum atomic E-state index is 12.1. The van der Waals surface area contributed by atoms with Crippen LogP contribution in [0.3, 0.4) is 0 Å². The van der Waals surface area contributed by atoms with Crippen LogP contribution in [0.1, 0.15) is 13.8 Å². The number of amidine groups is 1. The molecule has 2 fully saturated rings. The van der Waals surface area contributed by atoms with Crippen LogP contribution >= 0.6 is 34.4 Å². The Labute approximate surface area is 154 Å². The fourth-order valence-electron chi connectivity index (χ4n) is 2.72. The minimum atomic E-state index is -3.03. The minimum absolute atomic E-state index is 0.0604. The summed E-state index contributed by atoms with van der Waals surface area (Å²) in [4.78, 5) is 18.3. The van der Waals surface area contributed by atoms with Gasteiger partial charge in [0.15, 0.2) is 15.0 Å². The molecule has 0 radical (unpaired) electrons. The highest BCUT2D eigenvalue weighted by atomic mass is 127. The molecule has 0 bridgehead atoms. The predicted molar refractivity (Wildman–Crippen MR) is 103 cm³/mol. The average molecular weight is 464 g/mol. The van der Waals surface area contributed by atoms with Gasteiger partial charge in [0.2, 0.25) is 0 Å². The number of rotatable bonds is 2. The van der Waals surface area contributed by atoms with Crippen LogP contribution in [0, 0.1) is 9.49 Å². The van der Waals surface area contributed by atoms with Gasteiger partial charge in [-0.25, -0.2) is 8.42 Å². The third-order valence-corrected chi connectivity index (χ3v) is 8.00. The van der Waals surface area contributed by atoms with E-state index in [4.69, 9.17) is 0 Å². The van der Waals surface area contributed by atoms with E-state index in [2.05, 4.69) is 27.6 Å². The van der Waals surface area contributed by atoms with E-state index in [1.54, 1.807) is 0 Å². The summed E-state index contributed by atoms with van der Waals surface area (Å²) < 4.78 is 25.0. The van der Waals surface area contributed by atoms with Crippen molar-refractivity contribution in [1.29, 1.82) is 0 Å². The third-order valence-electron chi connectivity index (χ3n) is 3.88. The molecular weight excluding hydrogens is 447 g/mol. The topological polar surface area (TPSA) is 66.8 Å². The summed E-state index contributed by atoms with van der Waals surface area (Å²) in [5.74, 6) is -0.0861. The van der Waals surface area contributed by atoms with E-state index < -0.39 is 9.84 Å². The zero-order chi connectivity index (χ0) is 16.8. The maximum Gasteiger partial charge on any atom is 0.250 e. The Morgan fingerprint density at radius 1 is 1.35 bits per heavy atom. The van der Waals surface area contributed by atoms with Gasteiger partial charge in [-0.3, -0.25) is 4.79 Å². The quantitative estimate of drug-likeness (QED) is 0.630. The number of hydrogen-bond acceptors (Lipinski definition) is 4. The van der Waals surface area contributed by atoms with Crippen LogP contribution in [-0.4, -0.2) is 42.3 Å². The number of anilines is 1. The first-order valence-corrected chi connectivity index (χ1v) is 11.1. The van der Waals surface area contributed by atoms with Crippen LogP contribution in [0.5, 0.6) is 0 Å². The van der Waals surface area contributed by atoms with Crippen LogP contribution in [-0.2, 0) is 14.6 Å². The lowest BCUT2D eigenvalue weighted by molar-refractivity contribution is -0.120. The number of carbonyl (C=O) groups is 1. The number of benzene rings is 1. The third kappa shape index (κ3) is 3.43. The summed E-state index contributed by atoms with van der Waals surface area (Å²) in [6.07, 6.45) is 0. The molecule has 0 N–H and O–H groups in total. The fraction of sp³-hybridized carbons (Fsp3) is 0.467. The molecule has 0 aromatic heterocycles. The molecule has 23 heavy (non-hydrogen) atoms. The van der Waals surface area contributed by atoms with E-state index >= 15 is 0 Å². The highest BCUT2D eigenvalue weighted by Gasteiger charge is 2.49. The Balaban J connectivity index is 2.05. The first-order valence-electron chi connectivity index (χ1n) is 7.32.